The van der Waals surface area contributed by atoms with E-state index in [1.54, 1.807) is 0 Å². The maximum absolute atomic E-state index is 2.39. The first kappa shape index (κ1) is 18.2. The Bertz CT molecular complexity index is 1300. The Hall–Kier alpha value is -3.64. The molecule has 0 unspecified atom stereocenters. The molecule has 0 atom stereocenters. The summed E-state index contributed by atoms with van der Waals surface area (Å²) < 4.78 is 0. The molecule has 4 aromatic carbocycles. The van der Waals surface area contributed by atoms with Crippen LogP contribution in [0.5, 0.6) is 0 Å². The van der Waals surface area contributed by atoms with E-state index in [0.717, 1.165) is 12.8 Å². The molecule has 31 heavy (non-hydrogen) atoms. The summed E-state index contributed by atoms with van der Waals surface area (Å²) in [4.78, 5) is 0. The number of rotatable bonds is 4. The van der Waals surface area contributed by atoms with Crippen molar-refractivity contribution in [2.24, 2.45) is 5.92 Å². The molecule has 0 saturated carbocycles. The molecule has 4 aromatic rings. The summed E-state index contributed by atoms with van der Waals surface area (Å²) in [6.07, 6.45) is 11.1. The van der Waals surface area contributed by atoms with Gasteiger partial charge in [0, 0.05) is 0 Å². The molecule has 0 aliphatic heterocycles. The van der Waals surface area contributed by atoms with Crippen LogP contribution in [-0.4, -0.2) is 0 Å². The van der Waals surface area contributed by atoms with Crippen LogP contribution >= 0.6 is 0 Å². The van der Waals surface area contributed by atoms with Crippen LogP contribution in [0.25, 0.3) is 33.4 Å². The summed E-state index contributed by atoms with van der Waals surface area (Å²) in [5.41, 5.74) is 12.5. The highest BCUT2D eigenvalue weighted by Gasteiger charge is 2.25. The predicted octanol–water partition coefficient (Wildman–Crippen LogP) is 7.88. The summed E-state index contributed by atoms with van der Waals surface area (Å²) in [6, 6.07) is 33.2. The zero-order valence-electron chi connectivity index (χ0n) is 17.5. The molecule has 0 N–H and O–H groups in total. The molecule has 0 radical (unpaired) electrons. The molecule has 0 bridgehead atoms. The molecule has 0 fully saturated rings. The summed E-state index contributed by atoms with van der Waals surface area (Å²) >= 11 is 0. The lowest BCUT2D eigenvalue weighted by molar-refractivity contribution is 0.810. The fraction of sp³-hybridized carbons (Fsp3) is 0.0968. The van der Waals surface area contributed by atoms with Gasteiger partial charge in [-0.15, -0.1) is 0 Å². The number of benzene rings is 4. The van der Waals surface area contributed by atoms with Crippen LogP contribution in [0, 0.1) is 5.92 Å². The molecule has 0 heterocycles. The molecule has 0 aromatic heterocycles. The Balaban J connectivity index is 1.47. The highest BCUT2D eigenvalue weighted by Crippen LogP contribution is 2.44. The number of allylic oxidation sites excluding steroid dienone is 4. The first-order valence-electron chi connectivity index (χ1n) is 11.1. The van der Waals surface area contributed by atoms with Crippen molar-refractivity contribution in [2.75, 3.05) is 0 Å². The van der Waals surface area contributed by atoms with E-state index in [0.29, 0.717) is 5.92 Å². The lowest BCUT2D eigenvalue weighted by Crippen LogP contribution is -2.03. The van der Waals surface area contributed by atoms with E-state index in [-0.39, 0.29) is 0 Å². The van der Waals surface area contributed by atoms with Gasteiger partial charge < -0.3 is 0 Å². The molecule has 0 amide bonds. The number of fused-ring (bicyclic) bond motifs is 3. The molecule has 148 valence electrons. The molecular weight excluding hydrogens is 372 g/mol. The van der Waals surface area contributed by atoms with Gasteiger partial charge in [0.25, 0.3) is 0 Å². The molecular formula is C31H24. The minimum Gasteiger partial charge on any atom is -0.0773 e. The Labute approximate surface area is 184 Å². The van der Waals surface area contributed by atoms with Crippen LogP contribution < -0.4 is 0 Å². The van der Waals surface area contributed by atoms with E-state index in [1.807, 2.05) is 0 Å². The van der Waals surface area contributed by atoms with E-state index >= 15 is 0 Å². The van der Waals surface area contributed by atoms with Crippen LogP contribution in [0.3, 0.4) is 0 Å². The van der Waals surface area contributed by atoms with Gasteiger partial charge in [0.2, 0.25) is 0 Å². The molecule has 0 saturated heterocycles. The van der Waals surface area contributed by atoms with E-state index in [2.05, 4.69) is 115 Å². The van der Waals surface area contributed by atoms with Crippen LogP contribution in [-0.2, 0) is 12.8 Å². The SMILES string of the molecule is C1=CC(Cc2c(-c3ccccc3)ccc3c2Cc2cc(-c4ccccc4)ccc2-3)C=C1. The summed E-state index contributed by atoms with van der Waals surface area (Å²) in [5.74, 6) is 0.484. The fourth-order valence-corrected chi connectivity index (χ4v) is 5.12. The highest BCUT2D eigenvalue weighted by atomic mass is 14.3. The van der Waals surface area contributed by atoms with E-state index in [9.17, 15) is 0 Å². The molecule has 0 spiro atoms. The third-order valence-electron chi connectivity index (χ3n) is 6.65. The topological polar surface area (TPSA) is 0 Å². The Morgan fingerprint density at radius 3 is 1.97 bits per heavy atom. The van der Waals surface area contributed by atoms with Gasteiger partial charge in [-0.25, -0.2) is 0 Å². The van der Waals surface area contributed by atoms with Gasteiger partial charge in [-0.1, -0.05) is 115 Å². The second-order valence-electron chi connectivity index (χ2n) is 8.54. The summed E-state index contributed by atoms with van der Waals surface area (Å²) in [6.45, 7) is 0. The Kier molecular flexibility index (Phi) is 4.43. The quantitative estimate of drug-likeness (QED) is 0.290. The standard InChI is InChI=1S/C31H24/c1-3-11-23(12-4-1)25-15-16-28-26(20-25)21-31-29(28)18-17-27(24-13-5-2-6-14-24)30(31)19-22-9-7-8-10-22/h1-18,20,22H,19,21H2. The van der Waals surface area contributed by atoms with Crippen molar-refractivity contribution in [1.82, 2.24) is 0 Å². The Morgan fingerprint density at radius 1 is 0.581 bits per heavy atom. The van der Waals surface area contributed by atoms with Gasteiger partial charge >= 0.3 is 0 Å². The first-order chi connectivity index (χ1) is 15.4. The number of hydrogen-bond acceptors (Lipinski definition) is 0. The van der Waals surface area contributed by atoms with E-state index in [4.69, 9.17) is 0 Å². The van der Waals surface area contributed by atoms with Gasteiger partial charge in [-0.05, 0) is 68.8 Å². The number of hydrogen-bond donors (Lipinski definition) is 0. The lowest BCUT2D eigenvalue weighted by atomic mass is 9.87. The largest absolute Gasteiger partial charge is 0.0773 e. The third kappa shape index (κ3) is 3.25. The van der Waals surface area contributed by atoms with Crippen molar-refractivity contribution in [3.05, 3.63) is 132 Å². The van der Waals surface area contributed by atoms with Crippen molar-refractivity contribution < 1.29 is 0 Å². The second-order valence-corrected chi connectivity index (χ2v) is 8.54. The van der Waals surface area contributed by atoms with Crippen molar-refractivity contribution in [3.63, 3.8) is 0 Å². The monoisotopic (exact) mass is 396 g/mol. The third-order valence-corrected chi connectivity index (χ3v) is 6.65. The van der Waals surface area contributed by atoms with Crippen LogP contribution in [0.2, 0.25) is 0 Å². The zero-order valence-corrected chi connectivity index (χ0v) is 17.5. The van der Waals surface area contributed by atoms with Crippen LogP contribution in [0.15, 0.2) is 115 Å². The molecule has 0 heteroatoms. The maximum atomic E-state index is 2.39. The minimum absolute atomic E-state index is 0.484. The maximum Gasteiger partial charge on any atom is -0.000650 e. The van der Waals surface area contributed by atoms with Crippen molar-refractivity contribution in [1.29, 1.82) is 0 Å². The van der Waals surface area contributed by atoms with E-state index in [1.165, 1.54) is 50.1 Å². The summed E-state index contributed by atoms with van der Waals surface area (Å²) in [7, 11) is 0. The van der Waals surface area contributed by atoms with E-state index < -0.39 is 0 Å². The zero-order chi connectivity index (χ0) is 20.6. The van der Waals surface area contributed by atoms with Crippen molar-refractivity contribution in [2.45, 2.75) is 12.8 Å². The predicted molar refractivity (Wildman–Crippen MR) is 131 cm³/mol. The molecule has 2 aliphatic rings. The fourth-order valence-electron chi connectivity index (χ4n) is 5.12. The van der Waals surface area contributed by atoms with Crippen LogP contribution in [0.4, 0.5) is 0 Å². The average Bonchev–Trinajstić information content (AvgIpc) is 3.48. The first-order valence-corrected chi connectivity index (χ1v) is 11.1. The minimum atomic E-state index is 0.484. The molecule has 6 rings (SSSR count). The van der Waals surface area contributed by atoms with Crippen LogP contribution in [0.1, 0.15) is 16.7 Å². The smallest absolute Gasteiger partial charge is 0.000650 e. The average molecular weight is 397 g/mol. The second kappa shape index (κ2) is 7.56. The highest BCUT2D eigenvalue weighted by molar-refractivity contribution is 5.85. The molecule has 0 nitrogen and oxygen atoms in total. The van der Waals surface area contributed by atoms with Crippen molar-refractivity contribution >= 4 is 0 Å². The van der Waals surface area contributed by atoms with Gasteiger partial charge in [0.1, 0.15) is 0 Å². The van der Waals surface area contributed by atoms with Gasteiger partial charge in [-0.2, -0.15) is 0 Å². The summed E-state index contributed by atoms with van der Waals surface area (Å²) in [5, 5.41) is 0. The van der Waals surface area contributed by atoms with Gasteiger partial charge in [-0.3, -0.25) is 0 Å². The normalized spacial score (nSPS) is 14.1. The van der Waals surface area contributed by atoms with Crippen molar-refractivity contribution in [3.8, 4) is 33.4 Å². The lowest BCUT2D eigenvalue weighted by Gasteiger charge is -2.17. The van der Waals surface area contributed by atoms with Gasteiger partial charge in [0.15, 0.2) is 0 Å². The Morgan fingerprint density at radius 2 is 1.23 bits per heavy atom. The van der Waals surface area contributed by atoms with Gasteiger partial charge in [0.05, 0.1) is 0 Å². The molecule has 2 aliphatic carbocycles.